The molecule has 5 rings (SSSR count). The molecule has 4 bridgehead atoms. The zero-order chi connectivity index (χ0) is 13.7. The van der Waals surface area contributed by atoms with Gasteiger partial charge in [0.2, 0.25) is 0 Å². The average Bonchev–Trinajstić information content (AvgIpc) is 2.84. The van der Waals surface area contributed by atoms with Gasteiger partial charge in [0, 0.05) is 23.7 Å². The van der Waals surface area contributed by atoms with Crippen molar-refractivity contribution in [2.24, 2.45) is 23.7 Å². The molecule has 1 heterocycles. The predicted molar refractivity (Wildman–Crippen MR) is 81.8 cm³/mol. The smallest absolute Gasteiger partial charge is 0.148 e. The summed E-state index contributed by atoms with van der Waals surface area (Å²) in [7, 11) is 0. The van der Waals surface area contributed by atoms with Crippen molar-refractivity contribution in [2.45, 2.75) is 57.8 Å². The van der Waals surface area contributed by atoms with Crippen molar-refractivity contribution in [1.82, 2.24) is 10.2 Å². The molecule has 3 heteroatoms. The fraction of sp³-hybridized carbons (Fsp3) is 0.824. The zero-order valence-electron chi connectivity index (χ0n) is 12.8. The van der Waals surface area contributed by atoms with Crippen molar-refractivity contribution in [3.05, 3.63) is 11.8 Å². The minimum Gasteiger partial charge on any atom is -0.368 e. The minimum absolute atomic E-state index is 0.444. The molecule has 3 nitrogen and oxygen atoms in total. The maximum absolute atomic E-state index is 4.51. The van der Waals surface area contributed by atoms with Crippen LogP contribution in [-0.2, 0) is 5.41 Å². The Morgan fingerprint density at radius 2 is 1.80 bits per heavy atom. The second-order valence-electron chi connectivity index (χ2n) is 8.14. The second-order valence-corrected chi connectivity index (χ2v) is 8.14. The Morgan fingerprint density at radius 1 is 1.20 bits per heavy atom. The fourth-order valence-corrected chi connectivity index (χ4v) is 5.43. The van der Waals surface area contributed by atoms with Crippen LogP contribution in [0.2, 0.25) is 0 Å². The van der Waals surface area contributed by atoms with Crippen LogP contribution in [0.3, 0.4) is 0 Å². The molecule has 1 aromatic rings. The SMILES string of the molecule is CC(C)CNc1cc(C23CC4CC(CC(C4)C2)C3)[nH]n1. The van der Waals surface area contributed by atoms with Crippen molar-refractivity contribution in [1.29, 1.82) is 0 Å². The van der Waals surface area contributed by atoms with Crippen LogP contribution in [0, 0.1) is 23.7 Å². The molecule has 0 aliphatic heterocycles. The molecule has 0 radical (unpaired) electrons. The summed E-state index contributed by atoms with van der Waals surface area (Å²) >= 11 is 0. The normalized spacial score (nSPS) is 38.6. The Bertz CT molecular complexity index is 453. The Balaban J connectivity index is 1.55. The van der Waals surface area contributed by atoms with Crippen LogP contribution >= 0.6 is 0 Å². The zero-order valence-corrected chi connectivity index (χ0v) is 12.8. The Kier molecular flexibility index (Phi) is 2.87. The topological polar surface area (TPSA) is 40.7 Å². The summed E-state index contributed by atoms with van der Waals surface area (Å²) in [6.45, 7) is 5.48. The quantitative estimate of drug-likeness (QED) is 0.872. The van der Waals surface area contributed by atoms with Crippen LogP contribution in [0.5, 0.6) is 0 Å². The number of nitrogens with one attached hydrogen (secondary N) is 2. The summed E-state index contributed by atoms with van der Waals surface area (Å²) in [5, 5.41) is 11.3. The first-order valence-electron chi connectivity index (χ1n) is 8.43. The number of rotatable bonds is 4. The summed E-state index contributed by atoms with van der Waals surface area (Å²) < 4.78 is 0. The number of hydrogen-bond donors (Lipinski definition) is 2. The molecule has 4 aliphatic carbocycles. The molecule has 4 aliphatic rings. The maximum Gasteiger partial charge on any atom is 0.148 e. The van der Waals surface area contributed by atoms with E-state index in [1.54, 1.807) is 0 Å². The van der Waals surface area contributed by atoms with Crippen molar-refractivity contribution in [2.75, 3.05) is 11.9 Å². The third kappa shape index (κ3) is 2.06. The molecule has 0 spiro atoms. The Labute approximate surface area is 121 Å². The lowest BCUT2D eigenvalue weighted by atomic mass is 9.49. The third-order valence-corrected chi connectivity index (χ3v) is 5.88. The van der Waals surface area contributed by atoms with Crippen molar-refractivity contribution >= 4 is 5.82 Å². The molecule has 0 amide bonds. The van der Waals surface area contributed by atoms with Crippen molar-refractivity contribution < 1.29 is 0 Å². The molecule has 4 saturated carbocycles. The number of H-pyrrole nitrogens is 1. The molecule has 2 N–H and O–H groups in total. The lowest BCUT2D eigenvalue weighted by molar-refractivity contribution is -0.00721. The number of nitrogens with zero attached hydrogens (tertiary/aromatic N) is 1. The summed E-state index contributed by atoms with van der Waals surface area (Å²) in [5.74, 6) is 4.70. The van der Waals surface area contributed by atoms with Crippen LogP contribution in [0.25, 0.3) is 0 Å². The highest BCUT2D eigenvalue weighted by molar-refractivity contribution is 5.39. The highest BCUT2D eigenvalue weighted by Crippen LogP contribution is 2.60. The van der Waals surface area contributed by atoms with E-state index in [0.717, 1.165) is 30.1 Å². The van der Waals surface area contributed by atoms with Gasteiger partial charge in [0.05, 0.1) is 0 Å². The van der Waals surface area contributed by atoms with E-state index in [0.29, 0.717) is 11.3 Å². The third-order valence-electron chi connectivity index (χ3n) is 5.88. The molecule has 110 valence electrons. The van der Waals surface area contributed by atoms with Crippen molar-refractivity contribution in [3.63, 3.8) is 0 Å². The van der Waals surface area contributed by atoms with Gasteiger partial charge in [-0.15, -0.1) is 0 Å². The highest BCUT2D eigenvalue weighted by Gasteiger charge is 2.52. The molecule has 20 heavy (non-hydrogen) atoms. The van der Waals surface area contributed by atoms with Gasteiger partial charge < -0.3 is 5.32 Å². The van der Waals surface area contributed by atoms with Crippen LogP contribution < -0.4 is 5.32 Å². The largest absolute Gasteiger partial charge is 0.368 e. The van der Waals surface area contributed by atoms with Crippen molar-refractivity contribution in [3.8, 4) is 0 Å². The van der Waals surface area contributed by atoms with E-state index in [9.17, 15) is 0 Å². The molecular formula is C17H27N3. The van der Waals surface area contributed by atoms with E-state index in [-0.39, 0.29) is 0 Å². The Morgan fingerprint density at radius 3 is 2.35 bits per heavy atom. The first-order valence-corrected chi connectivity index (χ1v) is 8.43. The van der Waals surface area contributed by atoms with Gasteiger partial charge in [-0.1, -0.05) is 13.8 Å². The van der Waals surface area contributed by atoms with Crippen LogP contribution in [-0.4, -0.2) is 16.7 Å². The first-order chi connectivity index (χ1) is 9.63. The van der Waals surface area contributed by atoms with Gasteiger partial charge in [-0.2, -0.15) is 5.10 Å². The number of aromatic amines is 1. The molecule has 0 unspecified atom stereocenters. The van der Waals surface area contributed by atoms with E-state index in [4.69, 9.17) is 0 Å². The summed E-state index contributed by atoms with van der Waals surface area (Å²) in [5.41, 5.74) is 1.86. The minimum atomic E-state index is 0.444. The lowest BCUT2D eigenvalue weighted by Crippen LogP contribution is -2.48. The van der Waals surface area contributed by atoms with Gasteiger partial charge in [0.25, 0.3) is 0 Å². The monoisotopic (exact) mass is 273 g/mol. The highest BCUT2D eigenvalue weighted by atomic mass is 15.2. The van der Waals surface area contributed by atoms with E-state index < -0.39 is 0 Å². The molecular weight excluding hydrogens is 246 g/mol. The molecule has 0 aromatic carbocycles. The molecule has 1 aromatic heterocycles. The van der Waals surface area contributed by atoms with Gasteiger partial charge >= 0.3 is 0 Å². The number of anilines is 1. The molecule has 0 atom stereocenters. The van der Waals surface area contributed by atoms with Crippen LogP contribution in [0.4, 0.5) is 5.82 Å². The fourth-order valence-electron chi connectivity index (χ4n) is 5.43. The van der Waals surface area contributed by atoms with Gasteiger partial charge in [-0.05, 0) is 62.2 Å². The molecule has 4 fully saturated rings. The van der Waals surface area contributed by atoms with E-state index in [2.05, 4.69) is 35.4 Å². The van der Waals surface area contributed by atoms with Gasteiger partial charge in [0.1, 0.15) is 5.82 Å². The predicted octanol–water partition coefficient (Wildman–Crippen LogP) is 3.95. The lowest BCUT2D eigenvalue weighted by Gasteiger charge is -2.56. The van der Waals surface area contributed by atoms with Crippen LogP contribution in [0.15, 0.2) is 6.07 Å². The maximum atomic E-state index is 4.51. The number of aromatic nitrogens is 2. The first kappa shape index (κ1) is 12.7. The van der Waals surface area contributed by atoms with Gasteiger partial charge in [-0.3, -0.25) is 5.10 Å². The van der Waals surface area contributed by atoms with Gasteiger partial charge in [-0.25, -0.2) is 0 Å². The molecule has 0 saturated heterocycles. The Hall–Kier alpha value is -0.990. The standard InChI is InChI=1S/C17H27N3/c1-11(2)10-18-16-6-15(19-20-16)17-7-12-3-13(8-17)5-14(4-12)9-17/h6,11-14H,3-5,7-10H2,1-2H3,(H2,18,19,20). The number of hydrogen-bond acceptors (Lipinski definition) is 2. The summed E-state index contributed by atoms with van der Waals surface area (Å²) in [4.78, 5) is 0. The average molecular weight is 273 g/mol. The van der Waals surface area contributed by atoms with E-state index in [1.165, 1.54) is 44.2 Å². The summed E-state index contributed by atoms with van der Waals surface area (Å²) in [6, 6.07) is 2.30. The summed E-state index contributed by atoms with van der Waals surface area (Å²) in [6.07, 6.45) is 8.74. The van der Waals surface area contributed by atoms with E-state index >= 15 is 0 Å². The second kappa shape index (κ2) is 4.51. The van der Waals surface area contributed by atoms with Gasteiger partial charge in [0.15, 0.2) is 0 Å². The van der Waals surface area contributed by atoms with Crippen LogP contribution in [0.1, 0.15) is 58.1 Å². The van der Waals surface area contributed by atoms with E-state index in [1.807, 2.05) is 0 Å².